The average molecular weight is 388 g/mol. The highest BCUT2D eigenvalue weighted by Crippen LogP contribution is 2.25. The quantitative estimate of drug-likeness (QED) is 0.798. The third-order valence-electron chi connectivity index (χ3n) is 5.00. The molecule has 154 valence electrons. The lowest BCUT2D eigenvalue weighted by atomic mass is 9.85. The van der Waals surface area contributed by atoms with Gasteiger partial charge in [-0.3, -0.25) is 14.4 Å². The molecule has 1 heterocycles. The fourth-order valence-electron chi connectivity index (χ4n) is 3.64. The first-order valence-electron chi connectivity index (χ1n) is 9.89. The molecule has 0 aromatic heterocycles. The average Bonchev–Trinajstić information content (AvgIpc) is 2.65. The Balaban J connectivity index is 1.93. The number of nitrogens with zero attached hydrogens (tertiary/aromatic N) is 3. The molecule has 6 heteroatoms. The summed E-state index contributed by atoms with van der Waals surface area (Å²) in [4.78, 5) is 42.5. The van der Waals surface area contributed by atoms with E-state index in [2.05, 4.69) is 20.8 Å². The third-order valence-corrected chi connectivity index (χ3v) is 5.00. The zero-order valence-electron chi connectivity index (χ0n) is 18.0. The molecule has 1 unspecified atom stereocenters. The number of carbonyl (C=O) groups excluding carboxylic acids is 3. The molecule has 2 rings (SSSR count). The first kappa shape index (κ1) is 21.9. The van der Waals surface area contributed by atoms with Gasteiger partial charge in [0.15, 0.2) is 0 Å². The Labute approximate surface area is 168 Å². The molecule has 0 spiro atoms. The van der Waals surface area contributed by atoms with Crippen LogP contribution in [-0.4, -0.2) is 72.7 Å². The molecule has 28 heavy (non-hydrogen) atoms. The molecule has 1 saturated heterocycles. The maximum atomic E-state index is 12.7. The van der Waals surface area contributed by atoms with Crippen molar-refractivity contribution in [2.24, 2.45) is 11.3 Å². The van der Waals surface area contributed by atoms with Gasteiger partial charge in [-0.2, -0.15) is 0 Å². The highest BCUT2D eigenvalue weighted by molar-refractivity contribution is 5.97. The van der Waals surface area contributed by atoms with E-state index in [4.69, 9.17) is 0 Å². The molecule has 0 bridgehead atoms. The van der Waals surface area contributed by atoms with Gasteiger partial charge in [0.25, 0.3) is 11.8 Å². The van der Waals surface area contributed by atoms with Gasteiger partial charge in [0.1, 0.15) is 0 Å². The summed E-state index contributed by atoms with van der Waals surface area (Å²) in [5.41, 5.74) is 1.24. The van der Waals surface area contributed by atoms with Gasteiger partial charge in [0.05, 0.1) is 0 Å². The van der Waals surface area contributed by atoms with Gasteiger partial charge in [0.2, 0.25) is 5.91 Å². The minimum absolute atomic E-state index is 0.0102. The maximum absolute atomic E-state index is 12.7. The molecule has 0 N–H and O–H groups in total. The number of amides is 3. The summed E-state index contributed by atoms with van der Waals surface area (Å²) in [5, 5.41) is 0. The number of carbonyl (C=O) groups is 3. The summed E-state index contributed by atoms with van der Waals surface area (Å²) in [5.74, 6) is 0.0202. The van der Waals surface area contributed by atoms with Crippen LogP contribution < -0.4 is 0 Å². The van der Waals surface area contributed by atoms with Crippen molar-refractivity contribution < 1.29 is 14.4 Å². The molecular formula is C22H33N3O3. The van der Waals surface area contributed by atoms with Gasteiger partial charge in [-0.05, 0) is 36.1 Å². The molecule has 6 nitrogen and oxygen atoms in total. The van der Waals surface area contributed by atoms with Gasteiger partial charge in [-0.1, -0.05) is 27.7 Å². The van der Waals surface area contributed by atoms with Crippen molar-refractivity contribution in [3.63, 3.8) is 0 Å². The van der Waals surface area contributed by atoms with E-state index < -0.39 is 0 Å². The summed E-state index contributed by atoms with van der Waals surface area (Å²) in [7, 11) is 3.40. The molecule has 3 amide bonds. The minimum Gasteiger partial charge on any atom is -0.345 e. The molecular weight excluding hydrogens is 354 g/mol. The summed E-state index contributed by atoms with van der Waals surface area (Å²) >= 11 is 0. The van der Waals surface area contributed by atoms with Crippen molar-refractivity contribution in [3.05, 3.63) is 35.4 Å². The second-order valence-corrected chi connectivity index (χ2v) is 9.06. The summed E-state index contributed by atoms with van der Waals surface area (Å²) in [6.45, 7) is 10.6. The first-order valence-corrected chi connectivity index (χ1v) is 9.89. The van der Waals surface area contributed by atoms with E-state index >= 15 is 0 Å². The Hall–Kier alpha value is -2.37. The van der Waals surface area contributed by atoms with Gasteiger partial charge in [0, 0.05) is 57.3 Å². The van der Waals surface area contributed by atoms with Crippen molar-refractivity contribution >= 4 is 17.7 Å². The second-order valence-electron chi connectivity index (χ2n) is 9.06. The van der Waals surface area contributed by atoms with Crippen LogP contribution in [0.1, 0.15) is 54.8 Å². The fourth-order valence-corrected chi connectivity index (χ4v) is 3.64. The maximum Gasteiger partial charge on any atom is 0.253 e. The van der Waals surface area contributed by atoms with E-state index in [0.29, 0.717) is 37.3 Å². The highest BCUT2D eigenvalue weighted by Gasteiger charge is 2.29. The van der Waals surface area contributed by atoms with E-state index in [1.54, 1.807) is 43.3 Å². The molecule has 1 fully saturated rings. The lowest BCUT2D eigenvalue weighted by molar-refractivity contribution is -0.137. The van der Waals surface area contributed by atoms with Gasteiger partial charge in [-0.15, -0.1) is 0 Å². The first-order chi connectivity index (χ1) is 13.0. The van der Waals surface area contributed by atoms with Crippen LogP contribution in [0.5, 0.6) is 0 Å². The van der Waals surface area contributed by atoms with Crippen molar-refractivity contribution in [2.75, 3.05) is 40.3 Å². The Bertz CT molecular complexity index is 712. The number of rotatable bonds is 4. The summed E-state index contributed by atoms with van der Waals surface area (Å²) < 4.78 is 0. The lowest BCUT2D eigenvalue weighted by Gasteiger charge is -2.37. The molecule has 0 saturated carbocycles. The fraction of sp³-hybridized carbons (Fsp3) is 0.591. The van der Waals surface area contributed by atoms with Crippen molar-refractivity contribution in [3.8, 4) is 0 Å². The van der Waals surface area contributed by atoms with Crippen LogP contribution in [0.2, 0.25) is 0 Å². The van der Waals surface area contributed by atoms with Crippen LogP contribution in [0.15, 0.2) is 24.3 Å². The topological polar surface area (TPSA) is 60.9 Å². The number of piperazine rings is 1. The Kier molecular flexibility index (Phi) is 6.86. The lowest BCUT2D eigenvalue weighted by Crippen LogP contribution is -2.52. The molecule has 1 aliphatic rings. The van der Waals surface area contributed by atoms with E-state index in [-0.39, 0.29) is 29.1 Å². The third kappa shape index (κ3) is 5.57. The van der Waals surface area contributed by atoms with Crippen molar-refractivity contribution in [1.29, 1.82) is 0 Å². The monoisotopic (exact) mass is 387 g/mol. The highest BCUT2D eigenvalue weighted by atomic mass is 16.2. The molecule has 0 radical (unpaired) electrons. The molecule has 1 aliphatic heterocycles. The minimum atomic E-state index is -0.0875. The molecule has 1 atom stereocenters. The largest absolute Gasteiger partial charge is 0.345 e. The van der Waals surface area contributed by atoms with Crippen molar-refractivity contribution in [2.45, 2.75) is 34.1 Å². The molecule has 1 aromatic carbocycles. The Morgan fingerprint density at radius 2 is 1.39 bits per heavy atom. The predicted octanol–water partition coefficient (Wildman–Crippen LogP) is 2.75. The Morgan fingerprint density at radius 3 is 1.86 bits per heavy atom. The van der Waals surface area contributed by atoms with E-state index in [0.717, 1.165) is 6.42 Å². The standard InChI is InChI=1S/C22H33N3O3/c1-16(15-22(2,3)4)19(26)24-11-13-25(14-12-24)21(28)18-9-7-17(8-10-18)20(27)23(5)6/h7-10,16H,11-15H2,1-6H3. The number of benzene rings is 1. The van der Waals surface area contributed by atoms with E-state index in [1.807, 2.05) is 11.8 Å². The van der Waals surface area contributed by atoms with Crippen LogP contribution in [0.3, 0.4) is 0 Å². The molecule has 1 aromatic rings. The van der Waals surface area contributed by atoms with Crippen LogP contribution in [-0.2, 0) is 4.79 Å². The second kappa shape index (κ2) is 8.76. The molecule has 0 aliphatic carbocycles. The van der Waals surface area contributed by atoms with Crippen LogP contribution in [0, 0.1) is 11.3 Å². The smallest absolute Gasteiger partial charge is 0.253 e. The zero-order valence-corrected chi connectivity index (χ0v) is 18.0. The van der Waals surface area contributed by atoms with Crippen LogP contribution in [0.4, 0.5) is 0 Å². The van der Waals surface area contributed by atoms with Crippen molar-refractivity contribution in [1.82, 2.24) is 14.7 Å². The SMILES string of the molecule is CC(CC(C)(C)C)C(=O)N1CCN(C(=O)c2ccc(C(=O)N(C)C)cc2)CC1. The van der Waals surface area contributed by atoms with Gasteiger partial charge in [-0.25, -0.2) is 0 Å². The van der Waals surface area contributed by atoms with Crippen LogP contribution >= 0.6 is 0 Å². The van der Waals surface area contributed by atoms with Gasteiger partial charge >= 0.3 is 0 Å². The Morgan fingerprint density at radius 1 is 0.929 bits per heavy atom. The predicted molar refractivity (Wildman–Crippen MR) is 110 cm³/mol. The van der Waals surface area contributed by atoms with Crippen LogP contribution in [0.25, 0.3) is 0 Å². The van der Waals surface area contributed by atoms with E-state index in [1.165, 1.54) is 4.90 Å². The zero-order chi connectivity index (χ0) is 21.1. The summed E-state index contributed by atoms with van der Waals surface area (Å²) in [6.07, 6.45) is 0.850. The number of hydrogen-bond acceptors (Lipinski definition) is 3. The van der Waals surface area contributed by atoms with Gasteiger partial charge < -0.3 is 14.7 Å². The normalized spacial score (nSPS) is 15.9. The van der Waals surface area contributed by atoms with E-state index in [9.17, 15) is 14.4 Å². The summed E-state index contributed by atoms with van der Waals surface area (Å²) in [6, 6.07) is 6.76. The number of hydrogen-bond donors (Lipinski definition) is 0.